The van der Waals surface area contributed by atoms with Crippen molar-refractivity contribution >= 4 is 34.5 Å². The van der Waals surface area contributed by atoms with Crippen LogP contribution in [-0.2, 0) is 4.74 Å². The molecule has 0 bridgehead atoms. The van der Waals surface area contributed by atoms with Crippen molar-refractivity contribution in [1.29, 1.82) is 0 Å². The number of non-ortho nitro benzene ring substituents is 1. The Morgan fingerprint density at radius 1 is 0.938 bits per heavy atom. The van der Waals surface area contributed by atoms with Crippen LogP contribution in [-0.4, -0.2) is 37.4 Å². The Morgan fingerprint density at radius 2 is 1.59 bits per heavy atom. The number of hydrogen-bond donors (Lipinski definition) is 0. The molecular weight excluding hydrogens is 412 g/mol. The summed E-state index contributed by atoms with van der Waals surface area (Å²) >= 11 is 0. The van der Waals surface area contributed by atoms with Crippen molar-refractivity contribution < 1.29 is 19.2 Å². The van der Waals surface area contributed by atoms with Gasteiger partial charge >= 0.3 is 5.97 Å². The number of benzene rings is 3. The summed E-state index contributed by atoms with van der Waals surface area (Å²) in [5.74, 6) is -1.20. The molecule has 0 aromatic heterocycles. The van der Waals surface area contributed by atoms with Crippen molar-refractivity contribution in [2.24, 2.45) is 10.2 Å². The predicted octanol–water partition coefficient (Wildman–Crippen LogP) is 5.12. The van der Waals surface area contributed by atoms with Crippen LogP contribution in [0, 0.1) is 10.1 Å². The Hall–Kier alpha value is -4.40. The van der Waals surface area contributed by atoms with Gasteiger partial charge < -0.3 is 9.64 Å². The molecule has 0 aliphatic carbocycles. The number of rotatable bonds is 8. The third-order valence-corrected chi connectivity index (χ3v) is 4.50. The SMILES string of the molecule is CN(C)c1ccc(N=Nc2ccccc2C(=O)OCC(=O)c2ccc([N+](=O)[O-])cc2)cc1. The van der Waals surface area contributed by atoms with E-state index in [0.717, 1.165) is 5.69 Å². The second kappa shape index (κ2) is 10.1. The Balaban J connectivity index is 1.67. The number of nitro groups is 1. The maximum absolute atomic E-state index is 12.5. The highest BCUT2D eigenvalue weighted by Gasteiger charge is 2.16. The molecule has 9 nitrogen and oxygen atoms in total. The van der Waals surface area contributed by atoms with Crippen LogP contribution < -0.4 is 4.90 Å². The van der Waals surface area contributed by atoms with Crippen LogP contribution in [0.1, 0.15) is 20.7 Å². The van der Waals surface area contributed by atoms with Gasteiger partial charge in [0, 0.05) is 37.5 Å². The monoisotopic (exact) mass is 432 g/mol. The van der Waals surface area contributed by atoms with Crippen molar-refractivity contribution in [3.8, 4) is 0 Å². The van der Waals surface area contributed by atoms with Crippen LogP contribution in [0.5, 0.6) is 0 Å². The molecule has 0 saturated carbocycles. The zero-order chi connectivity index (χ0) is 23.1. The van der Waals surface area contributed by atoms with Crippen LogP contribution in [0.15, 0.2) is 83.0 Å². The number of nitrogens with zero attached hydrogens (tertiary/aromatic N) is 4. The van der Waals surface area contributed by atoms with E-state index in [4.69, 9.17) is 4.74 Å². The number of hydrogen-bond acceptors (Lipinski definition) is 8. The van der Waals surface area contributed by atoms with E-state index in [1.807, 2.05) is 43.3 Å². The Labute approximate surface area is 184 Å². The first kappa shape index (κ1) is 22.3. The average Bonchev–Trinajstić information content (AvgIpc) is 2.81. The first-order valence-corrected chi connectivity index (χ1v) is 9.58. The molecule has 3 rings (SSSR count). The third-order valence-electron chi connectivity index (χ3n) is 4.50. The van der Waals surface area contributed by atoms with Gasteiger partial charge in [0.15, 0.2) is 12.4 Å². The predicted molar refractivity (Wildman–Crippen MR) is 119 cm³/mol. The standard InChI is InChI=1S/C23H20N4O5/c1-26(2)18-13-9-17(10-14-18)24-25-21-6-4-3-5-20(21)23(29)32-15-22(28)16-7-11-19(12-8-16)27(30)31/h3-14H,15H2,1-2H3. The number of carbonyl (C=O) groups is 2. The molecule has 0 amide bonds. The average molecular weight is 432 g/mol. The fourth-order valence-corrected chi connectivity index (χ4v) is 2.72. The summed E-state index contributed by atoms with van der Waals surface area (Å²) in [6, 6.07) is 19.0. The number of carbonyl (C=O) groups excluding carboxylic acids is 2. The molecule has 0 atom stereocenters. The van der Waals surface area contributed by atoms with Gasteiger partial charge in [0.1, 0.15) is 5.69 Å². The lowest BCUT2D eigenvalue weighted by Crippen LogP contribution is -2.14. The third kappa shape index (κ3) is 5.60. The highest BCUT2D eigenvalue weighted by molar-refractivity contribution is 6.00. The van der Waals surface area contributed by atoms with E-state index < -0.39 is 23.3 Å². The lowest BCUT2D eigenvalue weighted by atomic mass is 10.1. The van der Waals surface area contributed by atoms with Crippen LogP contribution in [0.3, 0.4) is 0 Å². The summed E-state index contributed by atoms with van der Waals surface area (Å²) in [7, 11) is 3.87. The van der Waals surface area contributed by atoms with E-state index in [2.05, 4.69) is 10.2 Å². The first-order chi connectivity index (χ1) is 15.3. The molecule has 3 aromatic carbocycles. The van der Waals surface area contributed by atoms with E-state index in [1.165, 1.54) is 30.3 Å². The van der Waals surface area contributed by atoms with E-state index in [-0.39, 0.29) is 16.8 Å². The summed E-state index contributed by atoms with van der Waals surface area (Å²) in [6.07, 6.45) is 0. The van der Waals surface area contributed by atoms with Gasteiger partial charge in [-0.1, -0.05) is 12.1 Å². The molecule has 0 fully saturated rings. The Morgan fingerprint density at radius 3 is 2.22 bits per heavy atom. The van der Waals surface area contributed by atoms with Gasteiger partial charge in [-0.15, -0.1) is 5.11 Å². The maximum atomic E-state index is 12.5. The summed E-state index contributed by atoms with van der Waals surface area (Å²) in [5, 5.41) is 19.0. The smallest absolute Gasteiger partial charge is 0.340 e. The van der Waals surface area contributed by atoms with E-state index in [1.54, 1.807) is 18.2 Å². The maximum Gasteiger partial charge on any atom is 0.340 e. The summed E-state index contributed by atoms with van der Waals surface area (Å²) < 4.78 is 5.13. The fourth-order valence-electron chi connectivity index (χ4n) is 2.72. The van der Waals surface area contributed by atoms with Gasteiger partial charge in [0.2, 0.25) is 0 Å². The molecule has 0 aliphatic rings. The van der Waals surface area contributed by atoms with Crippen molar-refractivity contribution in [1.82, 2.24) is 0 Å². The molecule has 0 radical (unpaired) electrons. The number of ether oxygens (including phenoxy) is 1. The number of ketones is 1. The highest BCUT2D eigenvalue weighted by atomic mass is 16.6. The van der Waals surface area contributed by atoms with Gasteiger partial charge in [-0.25, -0.2) is 4.79 Å². The van der Waals surface area contributed by atoms with Crippen LogP contribution in [0.25, 0.3) is 0 Å². The topological polar surface area (TPSA) is 114 Å². The summed E-state index contributed by atoms with van der Waals surface area (Å²) in [4.78, 5) is 36.9. The number of Topliss-reactive ketones (excluding diaryl/α,β-unsaturated/α-hetero) is 1. The Kier molecular flexibility index (Phi) is 7.02. The van der Waals surface area contributed by atoms with Crippen molar-refractivity contribution in [3.63, 3.8) is 0 Å². The minimum atomic E-state index is -0.724. The van der Waals surface area contributed by atoms with Crippen LogP contribution >= 0.6 is 0 Å². The summed E-state index contributed by atoms with van der Waals surface area (Å²) in [6.45, 7) is -0.506. The zero-order valence-electron chi connectivity index (χ0n) is 17.5. The minimum Gasteiger partial charge on any atom is -0.454 e. The van der Waals surface area contributed by atoms with Crippen LogP contribution in [0.4, 0.5) is 22.7 Å². The largest absolute Gasteiger partial charge is 0.454 e. The van der Waals surface area contributed by atoms with Crippen molar-refractivity contribution in [2.75, 3.05) is 25.6 Å². The van der Waals surface area contributed by atoms with Gasteiger partial charge in [0.05, 0.1) is 16.2 Å². The lowest BCUT2D eigenvalue weighted by Gasteiger charge is -2.11. The number of esters is 1. The zero-order valence-corrected chi connectivity index (χ0v) is 17.5. The Bertz CT molecular complexity index is 1160. The second-order valence-electron chi connectivity index (χ2n) is 6.93. The molecule has 0 aliphatic heterocycles. The fraction of sp³-hybridized carbons (Fsp3) is 0.130. The molecule has 9 heteroatoms. The van der Waals surface area contributed by atoms with Gasteiger partial charge in [-0.3, -0.25) is 14.9 Å². The first-order valence-electron chi connectivity index (χ1n) is 9.58. The molecule has 0 saturated heterocycles. The molecule has 32 heavy (non-hydrogen) atoms. The lowest BCUT2D eigenvalue weighted by molar-refractivity contribution is -0.384. The molecule has 3 aromatic rings. The number of nitro benzene ring substituents is 1. The summed E-state index contributed by atoms with van der Waals surface area (Å²) in [5.41, 5.74) is 2.18. The van der Waals surface area contributed by atoms with Crippen molar-refractivity contribution in [3.05, 3.63) is 94.0 Å². The van der Waals surface area contributed by atoms with Gasteiger partial charge in [0.25, 0.3) is 5.69 Å². The quantitative estimate of drug-likeness (QED) is 0.160. The highest BCUT2D eigenvalue weighted by Crippen LogP contribution is 2.24. The number of anilines is 1. The van der Waals surface area contributed by atoms with E-state index in [0.29, 0.717) is 11.4 Å². The van der Waals surface area contributed by atoms with Crippen molar-refractivity contribution in [2.45, 2.75) is 0 Å². The number of azo groups is 1. The van der Waals surface area contributed by atoms with Gasteiger partial charge in [-0.05, 0) is 48.5 Å². The molecular formula is C23H20N4O5. The van der Waals surface area contributed by atoms with Crippen LogP contribution in [0.2, 0.25) is 0 Å². The van der Waals surface area contributed by atoms with E-state index in [9.17, 15) is 19.7 Å². The van der Waals surface area contributed by atoms with E-state index >= 15 is 0 Å². The van der Waals surface area contributed by atoms with Gasteiger partial charge in [-0.2, -0.15) is 5.11 Å². The molecule has 0 unspecified atom stereocenters. The molecule has 0 heterocycles. The minimum absolute atomic E-state index is 0.130. The molecule has 162 valence electrons. The molecule has 0 N–H and O–H groups in total. The second-order valence-corrected chi connectivity index (χ2v) is 6.93. The molecule has 0 spiro atoms. The normalized spacial score (nSPS) is 10.7.